The van der Waals surface area contributed by atoms with E-state index in [-0.39, 0.29) is 40.3 Å². The number of aliphatic carboxylic acids is 1. The maximum Gasteiger partial charge on any atom is 0.341 e. The van der Waals surface area contributed by atoms with Crippen molar-refractivity contribution in [1.82, 2.24) is 19.7 Å². The van der Waals surface area contributed by atoms with Crippen LogP contribution in [0, 0.1) is 12.7 Å². The lowest BCUT2D eigenvalue weighted by atomic mass is 10.1. The number of halogens is 1. The average molecular weight is 414 g/mol. The van der Waals surface area contributed by atoms with E-state index in [9.17, 15) is 14.3 Å². The number of ether oxygens (including phenoxy) is 3. The van der Waals surface area contributed by atoms with Gasteiger partial charge < -0.3 is 19.3 Å². The second-order valence-corrected chi connectivity index (χ2v) is 6.16. The Hall–Kier alpha value is -3.95. The summed E-state index contributed by atoms with van der Waals surface area (Å²) >= 11 is 0. The number of carbonyl (C=O) groups is 1. The van der Waals surface area contributed by atoms with Gasteiger partial charge >= 0.3 is 5.97 Å². The molecule has 0 bridgehead atoms. The fourth-order valence-corrected chi connectivity index (χ4v) is 2.74. The Bertz CT molecular complexity index is 1130. The van der Waals surface area contributed by atoms with Crippen molar-refractivity contribution in [3.8, 4) is 23.3 Å². The van der Waals surface area contributed by atoms with Gasteiger partial charge in [-0.05, 0) is 26.0 Å². The Labute approximate surface area is 171 Å². The number of carboxylic acid groups (broad SMARTS) is 1. The molecule has 0 saturated carbocycles. The number of hydrogen-bond donors (Lipinski definition) is 1. The fraction of sp³-hybridized carbons (Fsp3) is 0.200. The first kappa shape index (κ1) is 20.8. The molecule has 1 N–H and O–H groups in total. The summed E-state index contributed by atoms with van der Waals surface area (Å²) in [5, 5.41) is 13.9. The molecule has 2 heterocycles. The minimum Gasteiger partial charge on any atom is -0.500 e. The highest BCUT2D eigenvalue weighted by Gasteiger charge is 2.27. The molecule has 0 aliphatic heterocycles. The van der Waals surface area contributed by atoms with Crippen LogP contribution < -0.4 is 9.47 Å². The topological polar surface area (TPSA) is 109 Å². The first-order chi connectivity index (χ1) is 14.3. The van der Waals surface area contributed by atoms with Crippen molar-refractivity contribution in [1.29, 1.82) is 0 Å². The van der Waals surface area contributed by atoms with Crippen LogP contribution in [0.2, 0.25) is 0 Å². The number of hydrogen-bond acceptors (Lipinski definition) is 7. The maximum atomic E-state index is 13.8. The molecule has 0 aliphatic carbocycles. The van der Waals surface area contributed by atoms with Gasteiger partial charge in [-0.15, -0.1) is 0 Å². The van der Waals surface area contributed by atoms with Crippen LogP contribution in [0.1, 0.15) is 18.3 Å². The van der Waals surface area contributed by atoms with Gasteiger partial charge in [-0.2, -0.15) is 5.10 Å². The normalized spacial score (nSPS) is 11.6. The number of carboxylic acids is 1. The zero-order chi connectivity index (χ0) is 21.8. The Morgan fingerprint density at radius 2 is 1.83 bits per heavy atom. The number of rotatable bonds is 7. The molecular formula is C20H19FN4O5. The summed E-state index contributed by atoms with van der Waals surface area (Å²) in [6.07, 6.45) is 1.19. The van der Waals surface area contributed by atoms with Gasteiger partial charge in [0, 0.05) is 7.05 Å². The summed E-state index contributed by atoms with van der Waals surface area (Å²) in [6.45, 7) is 3.19. The average Bonchev–Trinajstić information content (AvgIpc) is 2.97. The van der Waals surface area contributed by atoms with Gasteiger partial charge in [0.1, 0.15) is 29.0 Å². The van der Waals surface area contributed by atoms with E-state index in [1.807, 2.05) is 0 Å². The third-order valence-corrected chi connectivity index (χ3v) is 4.15. The third-order valence-electron chi connectivity index (χ3n) is 4.15. The van der Waals surface area contributed by atoms with Crippen LogP contribution >= 0.6 is 0 Å². The van der Waals surface area contributed by atoms with Crippen molar-refractivity contribution in [3.63, 3.8) is 0 Å². The van der Waals surface area contributed by atoms with Gasteiger partial charge in [-0.25, -0.2) is 19.2 Å². The summed E-state index contributed by atoms with van der Waals surface area (Å²) in [4.78, 5) is 19.8. The first-order valence-electron chi connectivity index (χ1n) is 8.76. The van der Waals surface area contributed by atoms with Crippen LogP contribution in [0.25, 0.3) is 5.57 Å². The standard InChI is InChI=1S/C20H19FN4O5/c1-11-19(18(25(3)24-11)17(20(26)27)12(2)28-4)30-16-9-15(22-10-23-16)29-14-8-6-5-7-13(14)21/h5-10H,1-4H3,(H,26,27)/b17-12+. The van der Waals surface area contributed by atoms with E-state index in [1.54, 1.807) is 26.1 Å². The fourth-order valence-electron chi connectivity index (χ4n) is 2.74. The largest absolute Gasteiger partial charge is 0.500 e. The number of para-hydroxylation sites is 1. The number of aryl methyl sites for hydroxylation is 2. The summed E-state index contributed by atoms with van der Waals surface area (Å²) in [5.74, 6) is -1.27. The van der Waals surface area contributed by atoms with Gasteiger partial charge in [0.25, 0.3) is 0 Å². The highest BCUT2D eigenvalue weighted by atomic mass is 19.1. The van der Waals surface area contributed by atoms with E-state index in [0.717, 1.165) is 0 Å². The predicted octanol–water partition coefficient (Wildman–Crippen LogP) is 3.70. The quantitative estimate of drug-likeness (QED) is 0.460. The molecule has 156 valence electrons. The Balaban J connectivity index is 1.98. The molecule has 1 aromatic carbocycles. The molecule has 0 fully saturated rings. The monoisotopic (exact) mass is 414 g/mol. The summed E-state index contributed by atoms with van der Waals surface area (Å²) in [7, 11) is 2.96. The van der Waals surface area contributed by atoms with E-state index in [0.29, 0.717) is 5.69 Å². The van der Waals surface area contributed by atoms with E-state index in [4.69, 9.17) is 14.2 Å². The minimum atomic E-state index is -1.20. The van der Waals surface area contributed by atoms with Crippen molar-refractivity contribution >= 4 is 11.5 Å². The maximum absolute atomic E-state index is 13.8. The van der Waals surface area contributed by atoms with Crippen LogP contribution in [0.3, 0.4) is 0 Å². The van der Waals surface area contributed by atoms with Crippen molar-refractivity contribution in [2.24, 2.45) is 7.05 Å². The molecule has 10 heteroatoms. The van der Waals surface area contributed by atoms with Crippen molar-refractivity contribution in [2.45, 2.75) is 13.8 Å². The van der Waals surface area contributed by atoms with Gasteiger partial charge in [0.15, 0.2) is 17.3 Å². The number of methoxy groups -OCH3 is 1. The zero-order valence-corrected chi connectivity index (χ0v) is 16.7. The van der Waals surface area contributed by atoms with Gasteiger partial charge in [-0.3, -0.25) is 4.68 Å². The summed E-state index contributed by atoms with van der Waals surface area (Å²) in [5.41, 5.74) is 0.535. The lowest BCUT2D eigenvalue weighted by molar-refractivity contribution is -0.130. The molecule has 0 radical (unpaired) electrons. The highest BCUT2D eigenvalue weighted by molar-refractivity contribution is 6.16. The second-order valence-electron chi connectivity index (χ2n) is 6.16. The molecule has 0 unspecified atom stereocenters. The number of aromatic nitrogens is 4. The molecule has 0 spiro atoms. The molecule has 2 aromatic heterocycles. The van der Waals surface area contributed by atoms with E-state index in [1.165, 1.54) is 43.2 Å². The molecule has 0 saturated heterocycles. The van der Waals surface area contributed by atoms with Crippen molar-refractivity contribution in [3.05, 3.63) is 59.6 Å². The molecule has 0 amide bonds. The van der Waals surface area contributed by atoms with Crippen molar-refractivity contribution < 1.29 is 28.5 Å². The molecule has 0 atom stereocenters. The number of benzene rings is 1. The second kappa shape index (κ2) is 8.60. The van der Waals surface area contributed by atoms with Crippen LogP contribution in [0.5, 0.6) is 23.3 Å². The van der Waals surface area contributed by atoms with Crippen LogP contribution in [-0.2, 0) is 16.6 Å². The van der Waals surface area contributed by atoms with Crippen LogP contribution in [0.15, 0.2) is 42.4 Å². The van der Waals surface area contributed by atoms with Crippen LogP contribution in [0.4, 0.5) is 4.39 Å². The van der Waals surface area contributed by atoms with Gasteiger partial charge in [0.05, 0.1) is 13.2 Å². The summed E-state index contributed by atoms with van der Waals surface area (Å²) in [6, 6.07) is 7.24. The molecule has 3 rings (SSSR count). The Morgan fingerprint density at radius 1 is 1.17 bits per heavy atom. The molecule has 30 heavy (non-hydrogen) atoms. The lowest BCUT2D eigenvalue weighted by Gasteiger charge is -2.12. The molecule has 9 nitrogen and oxygen atoms in total. The van der Waals surface area contributed by atoms with Gasteiger partial charge in [0.2, 0.25) is 11.8 Å². The summed E-state index contributed by atoms with van der Waals surface area (Å²) < 4.78 is 31.6. The van der Waals surface area contributed by atoms with E-state index in [2.05, 4.69) is 15.1 Å². The smallest absolute Gasteiger partial charge is 0.341 e. The first-order valence-corrected chi connectivity index (χ1v) is 8.76. The zero-order valence-electron chi connectivity index (χ0n) is 16.7. The van der Waals surface area contributed by atoms with Gasteiger partial charge in [-0.1, -0.05) is 12.1 Å². The predicted molar refractivity (Wildman–Crippen MR) is 104 cm³/mol. The van der Waals surface area contributed by atoms with Crippen molar-refractivity contribution in [2.75, 3.05) is 7.11 Å². The Morgan fingerprint density at radius 3 is 2.47 bits per heavy atom. The molecule has 0 aliphatic rings. The highest BCUT2D eigenvalue weighted by Crippen LogP contribution is 2.35. The number of allylic oxidation sites excluding steroid dienone is 1. The van der Waals surface area contributed by atoms with E-state index >= 15 is 0 Å². The molecular weight excluding hydrogens is 395 g/mol. The SMILES string of the molecule is CO/C(C)=C(/C(=O)O)c1c(Oc2cc(Oc3ccccc3F)ncn2)c(C)nn1C. The number of nitrogens with zero attached hydrogens (tertiary/aromatic N) is 4. The molecule has 3 aromatic rings. The Kier molecular flexibility index (Phi) is 5.95. The minimum absolute atomic E-state index is 0.00721. The third kappa shape index (κ3) is 4.22. The lowest BCUT2D eigenvalue weighted by Crippen LogP contribution is -2.09. The van der Waals surface area contributed by atoms with Crippen LogP contribution in [-0.4, -0.2) is 37.9 Å². The van der Waals surface area contributed by atoms with E-state index < -0.39 is 11.8 Å².